The maximum Gasteiger partial charge on any atom is 0.251 e. The predicted octanol–water partition coefficient (Wildman–Crippen LogP) is 1.46. The lowest BCUT2D eigenvalue weighted by molar-refractivity contribution is 0.844. The summed E-state index contributed by atoms with van der Waals surface area (Å²) in [4.78, 5) is 17.7. The number of hydrogen-bond donors (Lipinski definition) is 1. The summed E-state index contributed by atoms with van der Waals surface area (Å²) in [6.07, 6.45) is 1.81. The molecule has 0 amide bonds. The van der Waals surface area contributed by atoms with E-state index in [-0.39, 0.29) is 11.4 Å². The van der Waals surface area contributed by atoms with Crippen molar-refractivity contribution in [1.29, 1.82) is 0 Å². The van der Waals surface area contributed by atoms with Gasteiger partial charge in [0, 0.05) is 11.8 Å². The number of nitrogens with zero attached hydrogens (tertiary/aromatic N) is 1. The minimum Gasteiger partial charge on any atom is -0.310 e. The van der Waals surface area contributed by atoms with E-state index in [0.29, 0.717) is 5.82 Å². The standard InChI is InChI=1S/C8H11ClN2O/c1-2-3-6-4-8(12)11-7(5-9)10-6/h4H,2-3,5H2,1H3,(H,10,11,12). The lowest BCUT2D eigenvalue weighted by Crippen LogP contribution is -2.11. The van der Waals surface area contributed by atoms with Crippen LogP contribution in [0.5, 0.6) is 0 Å². The van der Waals surface area contributed by atoms with Crippen molar-refractivity contribution in [2.24, 2.45) is 0 Å². The maximum absolute atomic E-state index is 11.0. The van der Waals surface area contributed by atoms with Crippen LogP contribution in [0.1, 0.15) is 24.9 Å². The van der Waals surface area contributed by atoms with Gasteiger partial charge < -0.3 is 4.98 Å². The molecule has 0 aliphatic rings. The zero-order valence-corrected chi connectivity index (χ0v) is 7.69. The van der Waals surface area contributed by atoms with E-state index in [0.717, 1.165) is 18.5 Å². The van der Waals surface area contributed by atoms with Gasteiger partial charge in [-0.15, -0.1) is 11.6 Å². The van der Waals surface area contributed by atoms with Gasteiger partial charge in [-0.2, -0.15) is 0 Å². The van der Waals surface area contributed by atoms with E-state index < -0.39 is 0 Å². The van der Waals surface area contributed by atoms with Crippen molar-refractivity contribution >= 4 is 11.6 Å². The molecule has 0 atom stereocenters. The molecule has 1 heterocycles. The Kier molecular flexibility index (Phi) is 3.29. The molecule has 12 heavy (non-hydrogen) atoms. The topological polar surface area (TPSA) is 45.8 Å². The first-order chi connectivity index (χ1) is 5.76. The van der Waals surface area contributed by atoms with Crippen molar-refractivity contribution in [3.63, 3.8) is 0 Å². The monoisotopic (exact) mass is 186 g/mol. The van der Waals surface area contributed by atoms with Crippen molar-refractivity contribution in [3.05, 3.63) is 27.9 Å². The number of rotatable bonds is 3. The molecule has 1 aromatic rings. The van der Waals surface area contributed by atoms with Gasteiger partial charge in [-0.3, -0.25) is 4.79 Å². The molecule has 0 aliphatic heterocycles. The quantitative estimate of drug-likeness (QED) is 0.727. The Bertz CT molecular complexity index is 308. The molecule has 0 aliphatic carbocycles. The summed E-state index contributed by atoms with van der Waals surface area (Å²) >= 11 is 5.54. The number of hydrogen-bond acceptors (Lipinski definition) is 2. The SMILES string of the molecule is CCCc1cc(=O)[nH]c(CCl)n1. The average molecular weight is 187 g/mol. The fraction of sp³-hybridized carbons (Fsp3) is 0.500. The second kappa shape index (κ2) is 4.26. The normalized spacial score (nSPS) is 10.2. The number of alkyl halides is 1. The van der Waals surface area contributed by atoms with Crippen LogP contribution in [0.2, 0.25) is 0 Å². The van der Waals surface area contributed by atoms with Gasteiger partial charge in [0.2, 0.25) is 0 Å². The Morgan fingerprint density at radius 3 is 3.00 bits per heavy atom. The number of H-pyrrole nitrogens is 1. The van der Waals surface area contributed by atoms with Gasteiger partial charge in [-0.05, 0) is 6.42 Å². The van der Waals surface area contributed by atoms with Crippen molar-refractivity contribution in [2.45, 2.75) is 25.6 Å². The van der Waals surface area contributed by atoms with Gasteiger partial charge in [0.15, 0.2) is 0 Å². The Hall–Kier alpha value is -0.830. The van der Waals surface area contributed by atoms with Crippen LogP contribution in [0.25, 0.3) is 0 Å². The zero-order valence-electron chi connectivity index (χ0n) is 6.93. The predicted molar refractivity (Wildman–Crippen MR) is 48.4 cm³/mol. The van der Waals surface area contributed by atoms with Gasteiger partial charge in [-0.1, -0.05) is 13.3 Å². The minimum absolute atomic E-state index is 0.121. The summed E-state index contributed by atoms with van der Waals surface area (Å²) in [6, 6.07) is 1.51. The van der Waals surface area contributed by atoms with Crippen LogP contribution < -0.4 is 5.56 Å². The molecular formula is C8H11ClN2O. The van der Waals surface area contributed by atoms with Crippen LogP contribution in [0.3, 0.4) is 0 Å². The van der Waals surface area contributed by atoms with Crippen LogP contribution in [0.15, 0.2) is 10.9 Å². The molecule has 0 saturated carbocycles. The van der Waals surface area contributed by atoms with Gasteiger partial charge >= 0.3 is 0 Å². The summed E-state index contributed by atoms with van der Waals surface area (Å²) in [6.45, 7) is 2.04. The third kappa shape index (κ3) is 2.34. The first-order valence-corrected chi connectivity index (χ1v) is 4.44. The fourth-order valence-electron chi connectivity index (χ4n) is 1.01. The van der Waals surface area contributed by atoms with Crippen molar-refractivity contribution in [2.75, 3.05) is 0 Å². The summed E-state index contributed by atoms with van der Waals surface area (Å²) < 4.78 is 0. The van der Waals surface area contributed by atoms with E-state index in [1.165, 1.54) is 6.07 Å². The van der Waals surface area contributed by atoms with Crippen molar-refractivity contribution in [3.8, 4) is 0 Å². The fourth-order valence-corrected chi connectivity index (χ4v) is 1.14. The number of aromatic nitrogens is 2. The average Bonchev–Trinajstić information content (AvgIpc) is 2.04. The molecule has 4 heteroatoms. The van der Waals surface area contributed by atoms with Crippen LogP contribution in [0, 0.1) is 0 Å². The lowest BCUT2D eigenvalue weighted by Gasteiger charge is -1.98. The molecule has 0 aromatic carbocycles. The van der Waals surface area contributed by atoms with Gasteiger partial charge in [0.1, 0.15) is 5.82 Å². The highest BCUT2D eigenvalue weighted by atomic mass is 35.5. The molecule has 0 saturated heterocycles. The molecule has 1 rings (SSSR count). The molecule has 1 aromatic heterocycles. The summed E-state index contributed by atoms with van der Waals surface area (Å²) in [7, 11) is 0. The molecule has 66 valence electrons. The summed E-state index contributed by atoms with van der Waals surface area (Å²) in [5.74, 6) is 0.805. The molecule has 0 fully saturated rings. The Labute approximate surface area is 75.8 Å². The molecule has 0 unspecified atom stereocenters. The summed E-state index contributed by atoms with van der Waals surface area (Å²) in [5, 5.41) is 0. The number of aryl methyl sites for hydroxylation is 1. The van der Waals surface area contributed by atoms with Gasteiger partial charge in [-0.25, -0.2) is 4.98 Å². The van der Waals surface area contributed by atoms with Crippen LogP contribution >= 0.6 is 11.6 Å². The van der Waals surface area contributed by atoms with E-state index in [1.807, 2.05) is 6.92 Å². The van der Waals surface area contributed by atoms with E-state index in [4.69, 9.17) is 11.6 Å². The first-order valence-electron chi connectivity index (χ1n) is 3.91. The Morgan fingerprint density at radius 1 is 1.67 bits per heavy atom. The van der Waals surface area contributed by atoms with Crippen LogP contribution in [0.4, 0.5) is 0 Å². The van der Waals surface area contributed by atoms with Crippen molar-refractivity contribution < 1.29 is 0 Å². The molecule has 0 spiro atoms. The van der Waals surface area contributed by atoms with E-state index in [9.17, 15) is 4.79 Å². The first kappa shape index (κ1) is 9.26. The second-order valence-electron chi connectivity index (χ2n) is 2.57. The van der Waals surface area contributed by atoms with Gasteiger partial charge in [0.05, 0.1) is 5.88 Å². The number of aromatic amines is 1. The molecule has 0 bridgehead atoms. The summed E-state index contributed by atoms with van der Waals surface area (Å²) in [5.41, 5.74) is 0.695. The molecule has 0 radical (unpaired) electrons. The minimum atomic E-state index is -0.121. The largest absolute Gasteiger partial charge is 0.310 e. The Morgan fingerprint density at radius 2 is 2.42 bits per heavy atom. The smallest absolute Gasteiger partial charge is 0.251 e. The highest BCUT2D eigenvalue weighted by Crippen LogP contribution is 1.98. The number of nitrogens with one attached hydrogen (secondary N) is 1. The third-order valence-electron chi connectivity index (χ3n) is 1.48. The number of halogens is 1. The van der Waals surface area contributed by atoms with E-state index in [1.54, 1.807) is 0 Å². The highest BCUT2D eigenvalue weighted by Gasteiger charge is 1.98. The zero-order chi connectivity index (χ0) is 8.97. The highest BCUT2D eigenvalue weighted by molar-refractivity contribution is 6.16. The molecule has 1 N–H and O–H groups in total. The lowest BCUT2D eigenvalue weighted by atomic mass is 10.2. The van der Waals surface area contributed by atoms with Crippen LogP contribution in [-0.2, 0) is 12.3 Å². The maximum atomic E-state index is 11.0. The third-order valence-corrected chi connectivity index (χ3v) is 1.73. The van der Waals surface area contributed by atoms with Gasteiger partial charge in [0.25, 0.3) is 5.56 Å². The molecule has 3 nitrogen and oxygen atoms in total. The van der Waals surface area contributed by atoms with Crippen LogP contribution in [-0.4, -0.2) is 9.97 Å². The second-order valence-corrected chi connectivity index (χ2v) is 2.83. The Balaban J connectivity index is 2.98. The van der Waals surface area contributed by atoms with E-state index >= 15 is 0 Å². The van der Waals surface area contributed by atoms with E-state index in [2.05, 4.69) is 9.97 Å². The van der Waals surface area contributed by atoms with Crippen molar-refractivity contribution in [1.82, 2.24) is 9.97 Å². The molecular weight excluding hydrogens is 176 g/mol.